The number of carbonyl (C=O) groups is 1. The molecule has 0 bridgehead atoms. The lowest BCUT2D eigenvalue weighted by Gasteiger charge is -2.59. The maximum absolute atomic E-state index is 11.4. The van der Waals surface area contributed by atoms with Crippen molar-refractivity contribution >= 4 is 6.29 Å². The standard InChI is InChI=1S/C22H34O/c1-14(13-23)17-4-5-18-16-7-11-22-12-15(22)6-10-21(22,3)19(16)8-9-20(17,18)2/h13-19H,4-12H2,1-3H3/t14-,15+,16-,17+,18-,19-,20+,21+,22-/m0/s1. The number of fused-ring (bicyclic) bond motifs is 4. The summed E-state index contributed by atoms with van der Waals surface area (Å²) in [4.78, 5) is 11.4. The first kappa shape index (κ1) is 15.0. The smallest absolute Gasteiger partial charge is 0.123 e. The van der Waals surface area contributed by atoms with E-state index in [1.165, 1.54) is 57.7 Å². The van der Waals surface area contributed by atoms with E-state index in [-0.39, 0.29) is 5.92 Å². The predicted molar refractivity (Wildman–Crippen MR) is 92.9 cm³/mol. The van der Waals surface area contributed by atoms with Gasteiger partial charge in [-0.05, 0) is 104 Å². The largest absolute Gasteiger partial charge is 0.303 e. The zero-order valence-corrected chi connectivity index (χ0v) is 15.3. The van der Waals surface area contributed by atoms with Crippen LogP contribution in [0.25, 0.3) is 0 Å². The second kappa shape index (κ2) is 4.44. The molecule has 0 aromatic heterocycles. The van der Waals surface area contributed by atoms with Crippen LogP contribution in [0.3, 0.4) is 0 Å². The van der Waals surface area contributed by atoms with Gasteiger partial charge >= 0.3 is 0 Å². The van der Waals surface area contributed by atoms with Gasteiger partial charge in [0, 0.05) is 5.92 Å². The van der Waals surface area contributed by atoms with Gasteiger partial charge in [0.25, 0.3) is 0 Å². The molecule has 0 unspecified atom stereocenters. The van der Waals surface area contributed by atoms with E-state index in [1.807, 2.05) is 0 Å². The molecule has 1 nitrogen and oxygen atoms in total. The molecule has 128 valence electrons. The molecule has 0 amide bonds. The maximum Gasteiger partial charge on any atom is 0.123 e. The first-order valence-electron chi connectivity index (χ1n) is 10.4. The first-order valence-corrected chi connectivity index (χ1v) is 10.4. The zero-order valence-electron chi connectivity index (χ0n) is 15.3. The molecule has 9 atom stereocenters. The molecule has 5 aliphatic carbocycles. The van der Waals surface area contributed by atoms with Gasteiger partial charge in [0.15, 0.2) is 0 Å². The average molecular weight is 315 g/mol. The Balaban J connectivity index is 1.47. The SMILES string of the molecule is C[C@@H](C=O)[C@H]1CC[C@H]2[C@@H]3CC[C@]45C[C@H]4CC[C@]5(C)[C@H]3CC[C@]12C. The van der Waals surface area contributed by atoms with Crippen LogP contribution in [0, 0.1) is 51.8 Å². The lowest BCUT2D eigenvalue weighted by Crippen LogP contribution is -2.52. The van der Waals surface area contributed by atoms with Crippen LogP contribution in [0.1, 0.15) is 78.6 Å². The third kappa shape index (κ3) is 1.59. The van der Waals surface area contributed by atoms with E-state index < -0.39 is 0 Å². The summed E-state index contributed by atoms with van der Waals surface area (Å²) in [5, 5.41) is 0. The Morgan fingerprint density at radius 2 is 1.78 bits per heavy atom. The van der Waals surface area contributed by atoms with Crippen molar-refractivity contribution in [2.75, 3.05) is 0 Å². The van der Waals surface area contributed by atoms with Crippen LogP contribution in [-0.4, -0.2) is 6.29 Å². The summed E-state index contributed by atoms with van der Waals surface area (Å²) < 4.78 is 0. The molecule has 1 spiro atoms. The van der Waals surface area contributed by atoms with Gasteiger partial charge < -0.3 is 4.79 Å². The van der Waals surface area contributed by atoms with Gasteiger partial charge in [0.1, 0.15) is 6.29 Å². The third-order valence-corrected chi connectivity index (χ3v) is 10.5. The minimum Gasteiger partial charge on any atom is -0.303 e. The number of rotatable bonds is 2. The molecule has 0 heterocycles. The molecule has 5 rings (SSSR count). The lowest BCUT2D eigenvalue weighted by atomic mass is 9.46. The van der Waals surface area contributed by atoms with Gasteiger partial charge in [-0.1, -0.05) is 20.8 Å². The summed E-state index contributed by atoms with van der Waals surface area (Å²) in [7, 11) is 0. The van der Waals surface area contributed by atoms with Crippen LogP contribution < -0.4 is 0 Å². The Morgan fingerprint density at radius 3 is 2.52 bits per heavy atom. The third-order valence-electron chi connectivity index (χ3n) is 10.5. The fourth-order valence-corrected chi connectivity index (χ4v) is 9.23. The highest BCUT2D eigenvalue weighted by Gasteiger charge is 2.73. The van der Waals surface area contributed by atoms with Gasteiger partial charge in [-0.2, -0.15) is 0 Å². The molecule has 5 saturated carbocycles. The van der Waals surface area contributed by atoms with Gasteiger partial charge in [-0.15, -0.1) is 0 Å². The molecule has 23 heavy (non-hydrogen) atoms. The van der Waals surface area contributed by atoms with E-state index in [1.54, 1.807) is 6.42 Å². The molecular formula is C22H34O. The Kier molecular flexibility index (Phi) is 2.89. The highest BCUT2D eigenvalue weighted by atomic mass is 16.1. The Labute approximate surface area is 142 Å². The summed E-state index contributed by atoms with van der Waals surface area (Å²) >= 11 is 0. The monoisotopic (exact) mass is 314 g/mol. The van der Waals surface area contributed by atoms with E-state index in [0.717, 1.165) is 29.1 Å². The Morgan fingerprint density at radius 1 is 0.957 bits per heavy atom. The van der Waals surface area contributed by atoms with Crippen molar-refractivity contribution in [2.45, 2.75) is 78.6 Å². The number of hydrogen-bond acceptors (Lipinski definition) is 1. The summed E-state index contributed by atoms with van der Waals surface area (Å²) in [6.45, 7) is 7.44. The summed E-state index contributed by atoms with van der Waals surface area (Å²) in [5.74, 6) is 4.94. The second-order valence-electron chi connectivity index (χ2n) is 10.7. The fourth-order valence-electron chi connectivity index (χ4n) is 9.23. The molecular weight excluding hydrogens is 280 g/mol. The molecule has 0 aromatic carbocycles. The van der Waals surface area contributed by atoms with Gasteiger partial charge in [0.05, 0.1) is 0 Å². The molecule has 0 aliphatic heterocycles. The van der Waals surface area contributed by atoms with E-state index in [2.05, 4.69) is 20.8 Å². The number of carbonyl (C=O) groups excluding carboxylic acids is 1. The molecule has 0 aromatic rings. The second-order valence-corrected chi connectivity index (χ2v) is 10.7. The van der Waals surface area contributed by atoms with E-state index >= 15 is 0 Å². The van der Waals surface area contributed by atoms with Crippen LogP contribution in [0.2, 0.25) is 0 Å². The van der Waals surface area contributed by atoms with Crippen LogP contribution in [0.15, 0.2) is 0 Å². The van der Waals surface area contributed by atoms with Gasteiger partial charge in [-0.25, -0.2) is 0 Å². The normalized spacial score (nSPS) is 61.1. The molecule has 1 heteroatoms. The topological polar surface area (TPSA) is 17.1 Å². The van der Waals surface area contributed by atoms with Crippen molar-refractivity contribution in [3.8, 4) is 0 Å². The fraction of sp³-hybridized carbons (Fsp3) is 0.955. The van der Waals surface area contributed by atoms with Crippen molar-refractivity contribution in [1.29, 1.82) is 0 Å². The maximum atomic E-state index is 11.4. The Hall–Kier alpha value is -0.330. The average Bonchev–Trinajstić information content (AvgIpc) is 3.02. The van der Waals surface area contributed by atoms with E-state index in [4.69, 9.17) is 0 Å². The Bertz CT molecular complexity index is 540. The van der Waals surface area contributed by atoms with Crippen LogP contribution >= 0.6 is 0 Å². The number of aldehydes is 1. The van der Waals surface area contributed by atoms with Crippen molar-refractivity contribution < 1.29 is 4.79 Å². The van der Waals surface area contributed by atoms with Crippen LogP contribution in [0.5, 0.6) is 0 Å². The van der Waals surface area contributed by atoms with Crippen molar-refractivity contribution in [3.63, 3.8) is 0 Å². The number of hydrogen-bond donors (Lipinski definition) is 0. The summed E-state index contributed by atoms with van der Waals surface area (Å²) in [6, 6.07) is 0. The minimum atomic E-state index is 0.270. The van der Waals surface area contributed by atoms with Crippen LogP contribution in [-0.2, 0) is 4.79 Å². The van der Waals surface area contributed by atoms with Crippen LogP contribution in [0.4, 0.5) is 0 Å². The molecule has 0 radical (unpaired) electrons. The molecule has 5 fully saturated rings. The van der Waals surface area contributed by atoms with E-state index in [9.17, 15) is 4.79 Å². The van der Waals surface area contributed by atoms with Crippen molar-refractivity contribution in [1.82, 2.24) is 0 Å². The highest BCUT2D eigenvalue weighted by molar-refractivity contribution is 5.53. The van der Waals surface area contributed by atoms with E-state index in [0.29, 0.717) is 16.7 Å². The summed E-state index contributed by atoms with van der Waals surface area (Å²) in [5.41, 5.74) is 1.93. The van der Waals surface area contributed by atoms with Gasteiger partial charge in [-0.3, -0.25) is 0 Å². The first-order chi connectivity index (χ1) is 11.0. The molecule has 0 saturated heterocycles. The van der Waals surface area contributed by atoms with Crippen molar-refractivity contribution in [3.05, 3.63) is 0 Å². The zero-order chi connectivity index (χ0) is 16.0. The lowest BCUT2D eigenvalue weighted by molar-refractivity contribution is -0.119. The predicted octanol–water partition coefficient (Wildman–Crippen LogP) is 5.48. The molecule has 0 N–H and O–H groups in total. The van der Waals surface area contributed by atoms with Crippen molar-refractivity contribution in [2.24, 2.45) is 51.8 Å². The molecule has 5 aliphatic rings. The highest BCUT2D eigenvalue weighted by Crippen LogP contribution is 2.81. The quantitative estimate of drug-likeness (QED) is 0.617. The van der Waals surface area contributed by atoms with Gasteiger partial charge in [0.2, 0.25) is 0 Å². The summed E-state index contributed by atoms with van der Waals surface area (Å²) in [6.07, 6.45) is 14.5. The minimum absolute atomic E-state index is 0.270.